The Labute approximate surface area is 149 Å². The van der Waals surface area contributed by atoms with E-state index in [0.29, 0.717) is 8.78 Å². The Bertz CT molecular complexity index is 933. The number of benzene rings is 2. The van der Waals surface area contributed by atoms with Gasteiger partial charge in [0, 0.05) is 16.6 Å². The highest BCUT2D eigenvalue weighted by Gasteiger charge is 2.29. The van der Waals surface area contributed by atoms with Crippen molar-refractivity contribution in [1.82, 2.24) is 0 Å². The van der Waals surface area contributed by atoms with Gasteiger partial charge in [0.25, 0.3) is 15.7 Å². The number of rotatable bonds is 6. The number of non-ortho nitro benzene ring substituents is 1. The van der Waals surface area contributed by atoms with Gasteiger partial charge in [-0.2, -0.15) is 0 Å². The summed E-state index contributed by atoms with van der Waals surface area (Å²) in [4.78, 5) is 20.6. The Morgan fingerprint density at radius 2 is 1.84 bits per heavy atom. The second-order valence-electron chi connectivity index (χ2n) is 4.75. The lowest BCUT2D eigenvalue weighted by atomic mass is 10.3. The lowest BCUT2D eigenvalue weighted by Gasteiger charge is -2.23. The highest BCUT2D eigenvalue weighted by Crippen LogP contribution is 2.29. The number of hydrogen-bond acceptors (Lipinski definition) is 5. The fourth-order valence-corrected chi connectivity index (χ4v) is 3.73. The van der Waals surface area contributed by atoms with Crippen LogP contribution in [0.1, 0.15) is 0 Å². The lowest BCUT2D eigenvalue weighted by Crippen LogP contribution is -2.36. The quantitative estimate of drug-likeness (QED) is 0.553. The fraction of sp³-hybridized carbons (Fsp3) is 0.0714. The Balaban J connectivity index is 2.55. The van der Waals surface area contributed by atoms with Gasteiger partial charge in [0.2, 0.25) is 0 Å². The first kappa shape index (κ1) is 18.8. The number of carboxylic acid groups (broad SMARTS) is 1. The van der Waals surface area contributed by atoms with E-state index in [1.165, 1.54) is 6.07 Å². The van der Waals surface area contributed by atoms with E-state index in [-0.39, 0.29) is 5.69 Å². The third-order valence-electron chi connectivity index (χ3n) is 3.09. The van der Waals surface area contributed by atoms with Crippen LogP contribution >= 0.6 is 15.9 Å². The van der Waals surface area contributed by atoms with Crippen molar-refractivity contribution in [3.8, 4) is 0 Å². The number of nitrogens with zero attached hydrogens (tertiary/aromatic N) is 2. The van der Waals surface area contributed by atoms with Crippen molar-refractivity contribution in [2.75, 3.05) is 10.8 Å². The molecule has 0 unspecified atom stereocenters. The molecule has 0 aliphatic heterocycles. The maximum Gasteiger partial charge on any atom is 0.324 e. The van der Waals surface area contributed by atoms with E-state index in [2.05, 4.69) is 15.9 Å². The van der Waals surface area contributed by atoms with Crippen LogP contribution in [0.15, 0.2) is 51.8 Å². The van der Waals surface area contributed by atoms with Crippen molar-refractivity contribution in [1.29, 1.82) is 0 Å². The number of hydrogen-bond donors (Lipinski definition) is 1. The second kappa shape index (κ2) is 7.15. The lowest BCUT2D eigenvalue weighted by molar-refractivity contribution is -0.384. The molecule has 0 fully saturated rings. The smallest absolute Gasteiger partial charge is 0.324 e. The van der Waals surface area contributed by atoms with E-state index in [0.717, 1.165) is 36.4 Å². The van der Waals surface area contributed by atoms with E-state index in [1.807, 2.05) is 0 Å². The molecule has 132 valence electrons. The van der Waals surface area contributed by atoms with Crippen LogP contribution in [-0.4, -0.2) is 31.0 Å². The van der Waals surface area contributed by atoms with Crippen LogP contribution in [0.5, 0.6) is 0 Å². The molecule has 2 aromatic carbocycles. The summed E-state index contributed by atoms with van der Waals surface area (Å²) in [5.74, 6) is -2.44. The van der Waals surface area contributed by atoms with Crippen LogP contribution in [0.25, 0.3) is 0 Å². The van der Waals surface area contributed by atoms with Gasteiger partial charge in [-0.15, -0.1) is 0 Å². The molecule has 0 heterocycles. The van der Waals surface area contributed by atoms with Crippen LogP contribution in [0.2, 0.25) is 0 Å². The number of sulfonamides is 1. The minimum Gasteiger partial charge on any atom is -0.480 e. The minimum atomic E-state index is -4.45. The first-order valence-electron chi connectivity index (χ1n) is 6.57. The number of nitro benzene ring substituents is 1. The van der Waals surface area contributed by atoms with E-state index < -0.39 is 43.9 Å². The first-order chi connectivity index (χ1) is 11.6. The first-order valence-corrected chi connectivity index (χ1v) is 8.80. The molecule has 0 aromatic heterocycles. The number of halogens is 2. The molecule has 25 heavy (non-hydrogen) atoms. The maximum atomic E-state index is 14.1. The van der Waals surface area contributed by atoms with E-state index in [4.69, 9.17) is 5.11 Å². The summed E-state index contributed by atoms with van der Waals surface area (Å²) in [5, 5.41) is 19.6. The molecule has 0 saturated carbocycles. The van der Waals surface area contributed by atoms with Crippen LogP contribution in [0.3, 0.4) is 0 Å². The molecule has 0 radical (unpaired) electrons. The van der Waals surface area contributed by atoms with E-state index in [9.17, 15) is 27.7 Å². The minimum absolute atomic E-state index is 0.335. The predicted molar refractivity (Wildman–Crippen MR) is 89.4 cm³/mol. The van der Waals surface area contributed by atoms with Crippen molar-refractivity contribution in [3.05, 3.63) is 62.9 Å². The Morgan fingerprint density at radius 3 is 2.32 bits per heavy atom. The Hall–Kier alpha value is -2.53. The molecule has 0 aliphatic rings. The monoisotopic (exact) mass is 432 g/mol. The summed E-state index contributed by atoms with van der Waals surface area (Å²) in [6.07, 6.45) is 0. The molecule has 8 nitrogen and oxygen atoms in total. The van der Waals surface area contributed by atoms with Gasteiger partial charge in [-0.3, -0.25) is 19.2 Å². The van der Waals surface area contributed by atoms with Gasteiger partial charge in [0.1, 0.15) is 12.4 Å². The molecule has 0 aliphatic carbocycles. The fourth-order valence-electron chi connectivity index (χ4n) is 1.97. The molecule has 2 aromatic rings. The van der Waals surface area contributed by atoms with E-state index >= 15 is 0 Å². The number of nitro groups is 1. The third kappa shape index (κ3) is 4.12. The standard InChI is InChI=1S/C14H10BrFN2O6S/c15-9-1-6-13(12(16)7-9)17(8-14(19)20)25(23,24)11-4-2-10(3-5-11)18(21)22/h1-7H,8H2,(H,19,20). The normalized spacial score (nSPS) is 11.1. The zero-order chi connectivity index (χ0) is 18.8. The molecule has 0 saturated heterocycles. The Kier molecular flexibility index (Phi) is 5.38. The van der Waals surface area contributed by atoms with Crippen LogP contribution in [0, 0.1) is 15.9 Å². The molecule has 1 N–H and O–H groups in total. The average Bonchev–Trinajstić information content (AvgIpc) is 2.53. The van der Waals surface area contributed by atoms with Gasteiger partial charge in [-0.25, -0.2) is 12.8 Å². The van der Waals surface area contributed by atoms with Crippen molar-refractivity contribution in [2.45, 2.75) is 4.90 Å². The zero-order valence-corrected chi connectivity index (χ0v) is 14.7. The number of carboxylic acids is 1. The van der Waals surface area contributed by atoms with Gasteiger partial charge in [-0.1, -0.05) is 15.9 Å². The van der Waals surface area contributed by atoms with Gasteiger partial charge in [0.05, 0.1) is 15.5 Å². The summed E-state index contributed by atoms with van der Waals surface area (Å²) >= 11 is 3.03. The third-order valence-corrected chi connectivity index (χ3v) is 5.36. The van der Waals surface area contributed by atoms with Crippen LogP contribution in [0.4, 0.5) is 15.8 Å². The van der Waals surface area contributed by atoms with E-state index in [1.54, 1.807) is 0 Å². The molecule has 0 amide bonds. The molecule has 11 heteroatoms. The van der Waals surface area contributed by atoms with Crippen molar-refractivity contribution in [3.63, 3.8) is 0 Å². The zero-order valence-electron chi connectivity index (χ0n) is 12.3. The maximum absolute atomic E-state index is 14.1. The highest BCUT2D eigenvalue weighted by molar-refractivity contribution is 9.10. The summed E-state index contributed by atoms with van der Waals surface area (Å²) in [6, 6.07) is 7.31. The van der Waals surface area contributed by atoms with Crippen molar-refractivity contribution in [2.24, 2.45) is 0 Å². The molecule has 2 rings (SSSR count). The summed E-state index contributed by atoms with van der Waals surface area (Å²) in [7, 11) is -4.45. The molecule has 0 spiro atoms. The second-order valence-corrected chi connectivity index (χ2v) is 7.53. The summed E-state index contributed by atoms with van der Waals surface area (Å²) in [6.45, 7) is -1.02. The molecular weight excluding hydrogens is 423 g/mol. The van der Waals surface area contributed by atoms with Gasteiger partial charge in [-0.05, 0) is 30.3 Å². The largest absolute Gasteiger partial charge is 0.480 e. The topological polar surface area (TPSA) is 118 Å². The van der Waals surface area contributed by atoms with Crippen LogP contribution in [-0.2, 0) is 14.8 Å². The number of aliphatic carboxylic acids is 1. The summed E-state index contributed by atoms with van der Waals surface area (Å²) < 4.78 is 40.3. The van der Waals surface area contributed by atoms with Gasteiger partial charge < -0.3 is 5.11 Å². The highest BCUT2D eigenvalue weighted by atomic mass is 79.9. The molecule has 0 atom stereocenters. The van der Waals surface area contributed by atoms with Gasteiger partial charge >= 0.3 is 5.97 Å². The SMILES string of the molecule is O=C(O)CN(c1ccc(Br)cc1F)S(=O)(=O)c1ccc([N+](=O)[O-])cc1. The molecule has 0 bridgehead atoms. The predicted octanol–water partition coefficient (Wildman–Crippen LogP) is 2.78. The van der Waals surface area contributed by atoms with Gasteiger partial charge in [0.15, 0.2) is 0 Å². The molecular formula is C14H10BrFN2O6S. The van der Waals surface area contributed by atoms with Crippen LogP contribution < -0.4 is 4.31 Å². The van der Waals surface area contributed by atoms with Crippen molar-refractivity contribution >= 4 is 43.3 Å². The Morgan fingerprint density at radius 1 is 1.24 bits per heavy atom. The summed E-state index contributed by atoms with van der Waals surface area (Å²) in [5.41, 5.74) is -0.789. The average molecular weight is 433 g/mol. The number of anilines is 1. The number of carbonyl (C=O) groups is 1. The van der Waals surface area contributed by atoms with Crippen molar-refractivity contribution < 1.29 is 27.6 Å².